The molecule has 27 heavy (non-hydrogen) atoms. The Balaban J connectivity index is 1.21. The lowest BCUT2D eigenvalue weighted by Crippen LogP contribution is -2.43. The number of aromatic hydroxyl groups is 1. The van der Waals surface area contributed by atoms with Gasteiger partial charge >= 0.3 is 0 Å². The molecule has 2 aliphatic heterocycles. The molecule has 2 aromatic rings. The third-order valence-corrected chi connectivity index (χ3v) is 5.42. The van der Waals surface area contributed by atoms with E-state index in [0.717, 1.165) is 31.5 Å². The van der Waals surface area contributed by atoms with Crippen LogP contribution in [-0.4, -0.2) is 36.7 Å². The number of para-hydroxylation sites is 2. The molecule has 2 unspecified atom stereocenters. The molecule has 2 heterocycles. The lowest BCUT2D eigenvalue weighted by Gasteiger charge is -2.19. The van der Waals surface area contributed by atoms with Crippen LogP contribution in [0.1, 0.15) is 30.0 Å². The predicted octanol–water partition coefficient (Wildman–Crippen LogP) is 1.87. The first-order valence-corrected chi connectivity index (χ1v) is 9.62. The van der Waals surface area contributed by atoms with Gasteiger partial charge in [0.1, 0.15) is 11.8 Å². The van der Waals surface area contributed by atoms with Crippen LogP contribution in [0.4, 0.5) is 5.69 Å². The van der Waals surface area contributed by atoms with Crippen molar-refractivity contribution in [2.45, 2.75) is 31.3 Å². The molecule has 0 bridgehead atoms. The maximum absolute atomic E-state index is 12.4. The van der Waals surface area contributed by atoms with Gasteiger partial charge in [-0.2, -0.15) is 0 Å². The zero-order valence-corrected chi connectivity index (χ0v) is 15.3. The molecule has 1 fully saturated rings. The average molecular weight is 366 g/mol. The number of hydrogen-bond acceptors (Lipinski definition) is 5. The second kappa shape index (κ2) is 7.98. The quantitative estimate of drug-likeness (QED) is 0.587. The first-order valence-electron chi connectivity index (χ1n) is 9.62. The van der Waals surface area contributed by atoms with E-state index >= 15 is 0 Å². The Bertz CT molecular complexity index is 810. The van der Waals surface area contributed by atoms with Crippen LogP contribution in [0.2, 0.25) is 0 Å². The summed E-state index contributed by atoms with van der Waals surface area (Å²) >= 11 is 0. The van der Waals surface area contributed by atoms with Gasteiger partial charge in [0.2, 0.25) is 5.91 Å². The van der Waals surface area contributed by atoms with Gasteiger partial charge in [-0.25, -0.2) is 10.9 Å². The van der Waals surface area contributed by atoms with Crippen molar-refractivity contribution >= 4 is 11.6 Å². The molecule has 0 spiro atoms. The van der Waals surface area contributed by atoms with Gasteiger partial charge in [0.15, 0.2) is 0 Å². The number of carbonyl (C=O) groups is 1. The van der Waals surface area contributed by atoms with Gasteiger partial charge in [-0.15, -0.1) is 0 Å². The van der Waals surface area contributed by atoms with E-state index in [1.165, 1.54) is 11.3 Å². The van der Waals surface area contributed by atoms with Gasteiger partial charge in [0.05, 0.1) is 6.04 Å². The summed E-state index contributed by atoms with van der Waals surface area (Å²) in [6.07, 6.45) is 2.64. The molecule has 0 aliphatic carbocycles. The highest BCUT2D eigenvalue weighted by molar-refractivity contribution is 5.82. The molecule has 142 valence electrons. The highest BCUT2D eigenvalue weighted by atomic mass is 16.3. The molecule has 4 rings (SSSR count). The van der Waals surface area contributed by atoms with Crippen LogP contribution in [0, 0.1) is 0 Å². The summed E-state index contributed by atoms with van der Waals surface area (Å²) in [5, 5.41) is 13.0. The predicted molar refractivity (Wildman–Crippen MR) is 106 cm³/mol. The fourth-order valence-electron chi connectivity index (χ4n) is 3.96. The van der Waals surface area contributed by atoms with Gasteiger partial charge in [0.25, 0.3) is 0 Å². The highest BCUT2D eigenvalue weighted by Gasteiger charge is 2.31. The van der Waals surface area contributed by atoms with E-state index in [4.69, 9.17) is 0 Å². The number of hydrogen-bond donors (Lipinski definition) is 4. The minimum absolute atomic E-state index is 0.00208. The summed E-state index contributed by atoms with van der Waals surface area (Å²) in [7, 11) is 0. The molecular formula is C21H26N4O2. The Hall–Kier alpha value is -2.57. The van der Waals surface area contributed by atoms with Crippen molar-refractivity contribution in [1.29, 1.82) is 0 Å². The fraction of sp³-hybridized carbons (Fsp3) is 0.381. The number of anilines is 1. The third kappa shape index (κ3) is 3.91. The van der Waals surface area contributed by atoms with E-state index in [1.54, 1.807) is 12.1 Å². The van der Waals surface area contributed by atoms with Crippen molar-refractivity contribution in [3.63, 3.8) is 0 Å². The second-order valence-corrected chi connectivity index (χ2v) is 7.20. The minimum Gasteiger partial charge on any atom is -0.508 e. The Morgan fingerprint density at radius 1 is 1.15 bits per heavy atom. The van der Waals surface area contributed by atoms with Gasteiger partial charge < -0.3 is 15.3 Å². The van der Waals surface area contributed by atoms with E-state index in [9.17, 15) is 9.90 Å². The number of rotatable bonds is 6. The van der Waals surface area contributed by atoms with E-state index in [2.05, 4.69) is 45.3 Å². The molecule has 6 nitrogen and oxygen atoms in total. The van der Waals surface area contributed by atoms with Gasteiger partial charge in [0, 0.05) is 30.9 Å². The zero-order valence-electron chi connectivity index (χ0n) is 15.3. The normalized spacial score (nSPS) is 21.3. The SMILES string of the molecule is O=C(NCCCN1CCc2ccccc21)C1CC(c2ccccc2O)NN1. The van der Waals surface area contributed by atoms with Crippen LogP contribution in [0.15, 0.2) is 48.5 Å². The van der Waals surface area contributed by atoms with Crippen molar-refractivity contribution in [2.24, 2.45) is 0 Å². The lowest BCUT2D eigenvalue weighted by molar-refractivity contribution is -0.122. The monoisotopic (exact) mass is 366 g/mol. The molecule has 2 atom stereocenters. The largest absolute Gasteiger partial charge is 0.508 e. The maximum atomic E-state index is 12.4. The standard InChI is InChI=1S/C21H26N4O2/c26-20-9-4-2-7-16(20)17-14-18(24-23-17)21(27)22-11-5-12-25-13-10-15-6-1-3-8-19(15)25/h1-4,6-9,17-18,23-24,26H,5,10-14H2,(H,22,27). The topological polar surface area (TPSA) is 76.6 Å². The summed E-state index contributed by atoms with van der Waals surface area (Å²) in [6, 6.07) is 15.4. The summed E-state index contributed by atoms with van der Waals surface area (Å²) < 4.78 is 0. The molecule has 0 saturated carbocycles. The molecular weight excluding hydrogens is 340 g/mol. The number of nitrogens with zero attached hydrogens (tertiary/aromatic N) is 1. The molecule has 1 amide bonds. The van der Waals surface area contributed by atoms with Crippen LogP contribution in [0.5, 0.6) is 5.75 Å². The average Bonchev–Trinajstić information content (AvgIpc) is 3.33. The molecule has 6 heteroatoms. The van der Waals surface area contributed by atoms with Crippen LogP contribution >= 0.6 is 0 Å². The Labute approximate surface area is 159 Å². The Morgan fingerprint density at radius 3 is 2.85 bits per heavy atom. The van der Waals surface area contributed by atoms with E-state index in [-0.39, 0.29) is 23.7 Å². The number of fused-ring (bicyclic) bond motifs is 1. The van der Waals surface area contributed by atoms with Crippen molar-refractivity contribution < 1.29 is 9.90 Å². The minimum atomic E-state index is -0.290. The number of nitrogens with one attached hydrogen (secondary N) is 3. The smallest absolute Gasteiger partial charge is 0.238 e. The Morgan fingerprint density at radius 2 is 1.96 bits per heavy atom. The Kier molecular flexibility index (Phi) is 5.27. The first kappa shape index (κ1) is 17.8. The number of phenolic OH excluding ortho intramolecular Hbond substituents is 1. The summed E-state index contributed by atoms with van der Waals surface area (Å²) in [5.41, 5.74) is 9.71. The van der Waals surface area contributed by atoms with Crippen LogP contribution in [0.3, 0.4) is 0 Å². The summed E-state index contributed by atoms with van der Waals surface area (Å²) in [4.78, 5) is 14.8. The maximum Gasteiger partial charge on any atom is 0.238 e. The molecule has 0 aromatic heterocycles. The number of amides is 1. The van der Waals surface area contributed by atoms with E-state index < -0.39 is 0 Å². The van der Waals surface area contributed by atoms with E-state index in [1.807, 2.05) is 12.1 Å². The van der Waals surface area contributed by atoms with E-state index in [0.29, 0.717) is 13.0 Å². The van der Waals surface area contributed by atoms with Crippen molar-refractivity contribution in [3.8, 4) is 5.75 Å². The number of carbonyl (C=O) groups excluding carboxylic acids is 1. The third-order valence-electron chi connectivity index (χ3n) is 5.42. The second-order valence-electron chi connectivity index (χ2n) is 7.20. The van der Waals surface area contributed by atoms with Crippen LogP contribution < -0.4 is 21.1 Å². The fourth-order valence-corrected chi connectivity index (χ4v) is 3.96. The summed E-state index contributed by atoms with van der Waals surface area (Å²) in [6.45, 7) is 2.68. The van der Waals surface area contributed by atoms with Crippen molar-refractivity contribution in [2.75, 3.05) is 24.5 Å². The first-order chi connectivity index (χ1) is 13.2. The number of hydrazine groups is 1. The lowest BCUT2D eigenvalue weighted by atomic mass is 10.0. The van der Waals surface area contributed by atoms with Gasteiger partial charge in [-0.1, -0.05) is 36.4 Å². The highest BCUT2D eigenvalue weighted by Crippen LogP contribution is 2.29. The summed E-state index contributed by atoms with van der Waals surface area (Å²) in [5.74, 6) is 0.256. The van der Waals surface area contributed by atoms with Gasteiger partial charge in [-0.05, 0) is 37.0 Å². The van der Waals surface area contributed by atoms with Crippen molar-refractivity contribution in [1.82, 2.24) is 16.2 Å². The molecule has 4 N–H and O–H groups in total. The van der Waals surface area contributed by atoms with Gasteiger partial charge in [-0.3, -0.25) is 4.79 Å². The molecule has 0 radical (unpaired) electrons. The van der Waals surface area contributed by atoms with Crippen LogP contribution in [-0.2, 0) is 11.2 Å². The number of phenols is 1. The molecule has 2 aliphatic rings. The van der Waals surface area contributed by atoms with Crippen molar-refractivity contribution in [3.05, 3.63) is 59.7 Å². The van der Waals surface area contributed by atoms with Crippen LogP contribution in [0.25, 0.3) is 0 Å². The molecule has 2 aromatic carbocycles. The number of benzene rings is 2. The zero-order chi connectivity index (χ0) is 18.6. The molecule has 1 saturated heterocycles.